The number of thioether (sulfide) groups is 1. The Labute approximate surface area is 138 Å². The van der Waals surface area contributed by atoms with Gasteiger partial charge < -0.3 is 5.73 Å². The molecule has 1 atom stereocenters. The maximum absolute atomic E-state index is 4.34. The summed E-state index contributed by atoms with van der Waals surface area (Å²) in [4.78, 5) is 0. The molecule has 23 heavy (non-hydrogen) atoms. The number of aromatic nitrogens is 3. The molecule has 114 valence electrons. The maximum Gasteiger partial charge on any atom is 0.215 e. The van der Waals surface area contributed by atoms with Gasteiger partial charge in [-0.2, -0.15) is 0 Å². The first-order valence-corrected chi connectivity index (χ1v) is 8.23. The second-order valence-corrected chi connectivity index (χ2v) is 6.10. The molecule has 4 N–H and O–H groups in total. The summed E-state index contributed by atoms with van der Waals surface area (Å²) in [6.07, 6.45) is 0. The topological polar surface area (TPSA) is 70.4 Å². The summed E-state index contributed by atoms with van der Waals surface area (Å²) < 4.78 is 1.93. The van der Waals surface area contributed by atoms with E-state index in [0.29, 0.717) is 0 Å². The third-order valence-corrected chi connectivity index (χ3v) is 4.60. The van der Waals surface area contributed by atoms with Crippen molar-refractivity contribution in [3.8, 4) is 0 Å². The lowest BCUT2D eigenvalue weighted by molar-refractivity contribution is -0.414. The molecule has 1 aliphatic heterocycles. The normalized spacial score (nSPS) is 14.6. The van der Waals surface area contributed by atoms with Gasteiger partial charge in [0, 0.05) is 11.0 Å². The molecule has 0 aliphatic carbocycles. The van der Waals surface area contributed by atoms with Crippen LogP contribution in [0.3, 0.4) is 0 Å². The van der Waals surface area contributed by atoms with Gasteiger partial charge in [-0.25, -0.2) is 4.68 Å². The van der Waals surface area contributed by atoms with Crippen LogP contribution in [0.4, 0.5) is 0 Å². The van der Waals surface area contributed by atoms with Crippen molar-refractivity contribution in [2.24, 2.45) is 0 Å². The van der Waals surface area contributed by atoms with Crippen molar-refractivity contribution in [2.75, 3.05) is 5.43 Å². The highest BCUT2D eigenvalue weighted by molar-refractivity contribution is 8.02. The number of benzene rings is 2. The number of hydrogen-bond donors (Lipinski definition) is 2. The van der Waals surface area contributed by atoms with Gasteiger partial charge in [0.25, 0.3) is 0 Å². The first-order valence-electron chi connectivity index (χ1n) is 7.35. The first kappa shape index (κ1) is 14.0. The molecule has 5 nitrogen and oxygen atoms in total. The number of fused-ring (bicyclic) bond motifs is 1. The number of hydrogen-bond acceptors (Lipinski definition) is 4. The Morgan fingerprint density at radius 2 is 1.65 bits per heavy atom. The minimum Gasteiger partial charge on any atom is -0.345 e. The highest BCUT2D eigenvalue weighted by Crippen LogP contribution is 2.30. The Morgan fingerprint density at radius 3 is 2.39 bits per heavy atom. The lowest BCUT2D eigenvalue weighted by atomic mass is 10.1. The molecule has 0 fully saturated rings. The van der Waals surface area contributed by atoms with Gasteiger partial charge >= 0.3 is 0 Å². The van der Waals surface area contributed by atoms with Crippen LogP contribution in [-0.4, -0.2) is 14.9 Å². The molecule has 0 bridgehead atoms. The van der Waals surface area contributed by atoms with E-state index < -0.39 is 0 Å². The van der Waals surface area contributed by atoms with Crippen molar-refractivity contribution >= 4 is 17.5 Å². The fourth-order valence-corrected chi connectivity index (χ4v) is 3.28. The van der Waals surface area contributed by atoms with Gasteiger partial charge in [0.15, 0.2) is 6.04 Å². The van der Waals surface area contributed by atoms with E-state index >= 15 is 0 Å². The summed E-state index contributed by atoms with van der Waals surface area (Å²) in [6.45, 7) is 0. The minimum atomic E-state index is -0.0827. The lowest BCUT2D eigenvalue weighted by Gasteiger charge is -2.20. The zero-order valence-corrected chi connectivity index (χ0v) is 13.2. The average Bonchev–Trinajstić information content (AvgIpc) is 3.05. The molecule has 6 heteroatoms. The fraction of sp³-hybridized carbons (Fsp3) is 0.0588. The summed E-state index contributed by atoms with van der Waals surface area (Å²) in [7, 11) is 0. The summed E-state index contributed by atoms with van der Waals surface area (Å²) >= 11 is 1.56. The molecule has 0 unspecified atom stereocenters. The van der Waals surface area contributed by atoms with Crippen LogP contribution in [0.5, 0.6) is 0 Å². The van der Waals surface area contributed by atoms with Crippen LogP contribution < -0.4 is 11.2 Å². The van der Waals surface area contributed by atoms with Gasteiger partial charge in [0.05, 0.1) is 5.70 Å². The molecule has 0 amide bonds. The number of nitrogens with one attached hydrogen (secondary N) is 1. The molecular formula is C17H16N5S+. The number of nitrogens with zero attached hydrogens (tertiary/aromatic N) is 3. The summed E-state index contributed by atoms with van der Waals surface area (Å²) in [5, 5.41) is 11.5. The third kappa shape index (κ3) is 2.62. The average molecular weight is 322 g/mol. The fourth-order valence-electron chi connectivity index (χ4n) is 2.53. The summed E-state index contributed by atoms with van der Waals surface area (Å²) in [5.74, 6) is 0.806. The van der Waals surface area contributed by atoms with E-state index in [1.165, 1.54) is 0 Å². The second-order valence-electron chi connectivity index (χ2n) is 5.27. The molecular weight excluding hydrogens is 306 g/mol. The van der Waals surface area contributed by atoms with Gasteiger partial charge in [-0.15, -0.1) is 10.2 Å². The molecule has 3 aromatic rings. The van der Waals surface area contributed by atoms with Crippen LogP contribution in [0.25, 0.3) is 5.70 Å². The van der Waals surface area contributed by atoms with Crippen LogP contribution in [0, 0.1) is 0 Å². The van der Waals surface area contributed by atoms with Crippen LogP contribution in [0.15, 0.2) is 71.2 Å². The third-order valence-electron chi connectivity index (χ3n) is 3.77. The van der Waals surface area contributed by atoms with E-state index in [-0.39, 0.29) is 6.04 Å². The predicted molar refractivity (Wildman–Crippen MR) is 90.8 cm³/mol. The number of rotatable bonds is 3. The number of quaternary nitrogens is 1. The van der Waals surface area contributed by atoms with Crippen LogP contribution in [-0.2, 0) is 0 Å². The predicted octanol–water partition coefficient (Wildman–Crippen LogP) is 2.26. The van der Waals surface area contributed by atoms with Crippen molar-refractivity contribution in [1.82, 2.24) is 14.9 Å². The Morgan fingerprint density at radius 1 is 0.957 bits per heavy atom. The molecule has 2 heterocycles. The van der Waals surface area contributed by atoms with E-state index in [4.69, 9.17) is 0 Å². The van der Waals surface area contributed by atoms with E-state index in [0.717, 1.165) is 27.8 Å². The Bertz CT molecular complexity index is 842. The van der Waals surface area contributed by atoms with E-state index in [2.05, 4.69) is 51.0 Å². The maximum atomic E-state index is 4.34. The molecule has 2 aromatic carbocycles. The quantitative estimate of drug-likeness (QED) is 0.776. The van der Waals surface area contributed by atoms with Crippen molar-refractivity contribution in [2.45, 2.75) is 11.2 Å². The van der Waals surface area contributed by atoms with Gasteiger partial charge in [-0.05, 0) is 5.56 Å². The van der Waals surface area contributed by atoms with E-state index in [9.17, 15) is 0 Å². The van der Waals surface area contributed by atoms with Crippen LogP contribution >= 0.6 is 11.8 Å². The molecule has 0 spiro atoms. The second kappa shape index (κ2) is 5.91. The highest BCUT2D eigenvalue weighted by Gasteiger charge is 2.25. The molecule has 0 saturated carbocycles. The smallest absolute Gasteiger partial charge is 0.215 e. The lowest BCUT2D eigenvalue weighted by Crippen LogP contribution is -2.55. The zero-order chi connectivity index (χ0) is 15.6. The van der Waals surface area contributed by atoms with E-state index in [1.807, 2.05) is 41.1 Å². The minimum absolute atomic E-state index is 0.0827. The highest BCUT2D eigenvalue weighted by atomic mass is 32.2. The Kier molecular flexibility index (Phi) is 3.61. The Balaban J connectivity index is 1.67. The van der Waals surface area contributed by atoms with Crippen molar-refractivity contribution < 1.29 is 5.73 Å². The summed E-state index contributed by atoms with van der Waals surface area (Å²) in [6, 6.07) is 20.3. The molecule has 1 aromatic heterocycles. The van der Waals surface area contributed by atoms with Crippen molar-refractivity contribution in [3.05, 3.63) is 83.0 Å². The molecule has 1 aliphatic rings. The van der Waals surface area contributed by atoms with Crippen LogP contribution in [0.1, 0.15) is 23.0 Å². The standard InChI is InChI=1S/C17H15N5S/c18-15(13-9-5-2-6-10-13)16-19-20-17-22(16)21-14(11-23-17)12-7-3-1-4-8-12/h1-11,15,21H,18H2/p+1/t15-/m1/s1. The van der Waals surface area contributed by atoms with Crippen molar-refractivity contribution in [1.29, 1.82) is 0 Å². The van der Waals surface area contributed by atoms with E-state index in [1.54, 1.807) is 11.8 Å². The summed E-state index contributed by atoms with van der Waals surface area (Å²) in [5.41, 5.74) is 10.9. The zero-order valence-electron chi connectivity index (χ0n) is 12.4. The molecule has 4 rings (SSSR count). The monoisotopic (exact) mass is 322 g/mol. The SMILES string of the molecule is [NH3+][C@H](c1ccccc1)c1nnc2n1NC(c1ccccc1)=CS2. The van der Waals surface area contributed by atoms with Crippen LogP contribution in [0.2, 0.25) is 0 Å². The Hall–Kier alpha value is -2.57. The van der Waals surface area contributed by atoms with Crippen molar-refractivity contribution in [3.63, 3.8) is 0 Å². The molecule has 0 radical (unpaired) electrons. The van der Waals surface area contributed by atoms with Gasteiger partial charge in [0.2, 0.25) is 11.0 Å². The largest absolute Gasteiger partial charge is 0.345 e. The van der Waals surface area contributed by atoms with Gasteiger partial charge in [0.1, 0.15) is 0 Å². The molecule has 0 saturated heterocycles. The van der Waals surface area contributed by atoms with Gasteiger partial charge in [-0.3, -0.25) is 5.43 Å². The first-order chi connectivity index (χ1) is 11.3. The van der Waals surface area contributed by atoms with Gasteiger partial charge in [-0.1, -0.05) is 72.4 Å².